The van der Waals surface area contributed by atoms with E-state index in [4.69, 9.17) is 0 Å². The number of nitrogens with one attached hydrogen (secondary N) is 1. The summed E-state index contributed by atoms with van der Waals surface area (Å²) in [4.78, 5) is 0. The van der Waals surface area contributed by atoms with Gasteiger partial charge < -0.3 is 5.32 Å². The maximum Gasteiger partial charge on any atom is 0.0473 e. The molecule has 0 aromatic rings. The van der Waals surface area contributed by atoms with Gasteiger partial charge in [-0.15, -0.1) is 0 Å². The zero-order valence-electron chi connectivity index (χ0n) is 7.84. The Morgan fingerprint density at radius 2 is 2.33 bits per heavy atom. The fraction of sp³-hybridized carbons (Fsp3) is 1.00. The van der Waals surface area contributed by atoms with Crippen LogP contribution in [0.25, 0.3) is 0 Å². The second-order valence-corrected chi connectivity index (χ2v) is 5.24. The Kier molecular flexibility index (Phi) is 4.84. The highest BCUT2D eigenvalue weighted by Crippen LogP contribution is 2.10. The van der Waals surface area contributed by atoms with E-state index in [9.17, 15) is 4.21 Å². The fourth-order valence-corrected chi connectivity index (χ4v) is 2.96. The molecule has 0 aromatic carbocycles. The lowest BCUT2D eigenvalue weighted by Crippen LogP contribution is -2.40. The van der Waals surface area contributed by atoms with E-state index in [1.807, 2.05) is 0 Å². The molecule has 1 rings (SSSR count). The summed E-state index contributed by atoms with van der Waals surface area (Å²) in [6.45, 7) is 4.11. The van der Waals surface area contributed by atoms with Crippen LogP contribution in [0.15, 0.2) is 0 Å². The van der Waals surface area contributed by atoms with Crippen LogP contribution in [-0.2, 0) is 10.8 Å². The van der Waals surface area contributed by atoms with Crippen LogP contribution in [0.2, 0.25) is 0 Å². The van der Waals surface area contributed by atoms with Gasteiger partial charge >= 0.3 is 0 Å². The van der Waals surface area contributed by atoms with Gasteiger partial charge in [-0.1, -0.05) is 26.2 Å². The summed E-state index contributed by atoms with van der Waals surface area (Å²) in [5.74, 6) is 0.858. The van der Waals surface area contributed by atoms with Gasteiger partial charge in [-0.2, -0.15) is 0 Å². The Hall–Kier alpha value is 0.110. The third kappa shape index (κ3) is 3.23. The van der Waals surface area contributed by atoms with Crippen molar-refractivity contribution in [2.45, 2.75) is 37.9 Å². The molecule has 1 saturated heterocycles. The zero-order valence-corrected chi connectivity index (χ0v) is 8.66. The van der Waals surface area contributed by atoms with Gasteiger partial charge in [0.05, 0.1) is 0 Å². The van der Waals surface area contributed by atoms with Crippen LogP contribution in [0, 0.1) is 0 Å². The van der Waals surface area contributed by atoms with Gasteiger partial charge in [0.25, 0.3) is 0 Å². The first-order chi connectivity index (χ1) is 5.84. The predicted octanol–water partition coefficient (Wildman–Crippen LogP) is 1.29. The van der Waals surface area contributed by atoms with Crippen LogP contribution < -0.4 is 5.32 Å². The molecule has 1 aliphatic heterocycles. The quantitative estimate of drug-likeness (QED) is 0.675. The number of unbranched alkanes of at least 4 members (excludes halogenated alkanes) is 2. The monoisotopic (exact) mass is 189 g/mol. The van der Waals surface area contributed by atoms with E-state index in [1.165, 1.54) is 19.3 Å². The molecular formula is C9H19NOS. The smallest absolute Gasteiger partial charge is 0.0473 e. The van der Waals surface area contributed by atoms with Crippen molar-refractivity contribution in [2.24, 2.45) is 0 Å². The molecular weight excluding hydrogens is 170 g/mol. The van der Waals surface area contributed by atoms with Gasteiger partial charge in [0.15, 0.2) is 0 Å². The molecule has 2 atom stereocenters. The Balaban J connectivity index is 2.16. The lowest BCUT2D eigenvalue weighted by atomic mass is 10.1. The van der Waals surface area contributed by atoms with Gasteiger partial charge in [0.2, 0.25) is 0 Å². The van der Waals surface area contributed by atoms with E-state index in [0.29, 0.717) is 5.25 Å². The molecule has 3 heteroatoms. The summed E-state index contributed by atoms with van der Waals surface area (Å²) >= 11 is 0. The number of rotatable bonds is 4. The van der Waals surface area contributed by atoms with Crippen LogP contribution >= 0.6 is 0 Å². The summed E-state index contributed by atoms with van der Waals surface area (Å²) in [7, 11) is -0.544. The van der Waals surface area contributed by atoms with E-state index in [0.717, 1.165) is 25.3 Å². The summed E-state index contributed by atoms with van der Waals surface area (Å²) in [5.41, 5.74) is 0. The highest BCUT2D eigenvalue weighted by molar-refractivity contribution is 7.85. The second-order valence-electron chi connectivity index (χ2n) is 3.41. The van der Waals surface area contributed by atoms with Crippen molar-refractivity contribution < 1.29 is 4.21 Å². The van der Waals surface area contributed by atoms with Crippen LogP contribution in [0.3, 0.4) is 0 Å². The molecule has 1 heterocycles. The van der Waals surface area contributed by atoms with Gasteiger partial charge in [-0.3, -0.25) is 4.21 Å². The minimum absolute atomic E-state index is 0.435. The molecule has 0 saturated carbocycles. The summed E-state index contributed by atoms with van der Waals surface area (Å²) < 4.78 is 11.5. The fourth-order valence-electron chi connectivity index (χ4n) is 1.55. The first kappa shape index (κ1) is 10.2. The minimum Gasteiger partial charge on any atom is -0.315 e. The van der Waals surface area contributed by atoms with Crippen molar-refractivity contribution >= 4 is 10.8 Å². The maximum atomic E-state index is 11.5. The van der Waals surface area contributed by atoms with Crippen molar-refractivity contribution in [1.82, 2.24) is 5.32 Å². The summed E-state index contributed by atoms with van der Waals surface area (Å²) in [6.07, 6.45) is 4.93. The third-order valence-electron chi connectivity index (χ3n) is 2.35. The topological polar surface area (TPSA) is 29.1 Å². The standard InChI is InChI=1S/C9H19NOS/c1-2-3-4-5-9-8-10-6-7-12(9)11/h9-10H,2-8H2,1H3. The predicted molar refractivity (Wildman–Crippen MR) is 53.8 cm³/mol. The molecule has 0 bridgehead atoms. The van der Waals surface area contributed by atoms with Crippen LogP contribution in [-0.4, -0.2) is 28.3 Å². The van der Waals surface area contributed by atoms with E-state index in [2.05, 4.69) is 12.2 Å². The molecule has 0 amide bonds. The molecule has 1 aliphatic rings. The molecule has 12 heavy (non-hydrogen) atoms. The van der Waals surface area contributed by atoms with E-state index in [1.54, 1.807) is 0 Å². The maximum absolute atomic E-state index is 11.5. The van der Waals surface area contributed by atoms with Crippen molar-refractivity contribution in [3.8, 4) is 0 Å². The Morgan fingerprint density at radius 1 is 1.50 bits per heavy atom. The molecule has 0 aliphatic carbocycles. The zero-order chi connectivity index (χ0) is 8.81. The van der Waals surface area contributed by atoms with Crippen LogP contribution in [0.4, 0.5) is 0 Å². The molecule has 1 fully saturated rings. The lowest BCUT2D eigenvalue weighted by molar-refractivity contribution is 0.566. The van der Waals surface area contributed by atoms with Crippen molar-refractivity contribution in [2.75, 3.05) is 18.8 Å². The van der Waals surface area contributed by atoms with Crippen molar-refractivity contribution in [3.05, 3.63) is 0 Å². The van der Waals surface area contributed by atoms with E-state index in [-0.39, 0.29) is 0 Å². The molecule has 0 aromatic heterocycles. The average Bonchev–Trinajstić information content (AvgIpc) is 2.09. The molecule has 2 unspecified atom stereocenters. The SMILES string of the molecule is CCCCCC1CNCCS1=O. The van der Waals surface area contributed by atoms with Crippen molar-refractivity contribution in [3.63, 3.8) is 0 Å². The van der Waals surface area contributed by atoms with Crippen LogP contribution in [0.5, 0.6) is 0 Å². The minimum atomic E-state index is -0.544. The first-order valence-corrected chi connectivity index (χ1v) is 6.30. The van der Waals surface area contributed by atoms with Crippen molar-refractivity contribution in [1.29, 1.82) is 0 Å². The van der Waals surface area contributed by atoms with Gasteiger partial charge in [-0.25, -0.2) is 0 Å². The highest BCUT2D eigenvalue weighted by Gasteiger charge is 2.19. The third-order valence-corrected chi connectivity index (χ3v) is 4.11. The first-order valence-electron chi connectivity index (χ1n) is 4.92. The molecule has 2 nitrogen and oxygen atoms in total. The Morgan fingerprint density at radius 3 is 3.00 bits per heavy atom. The largest absolute Gasteiger partial charge is 0.315 e. The Labute approximate surface area is 77.6 Å². The number of hydrogen-bond acceptors (Lipinski definition) is 2. The Bertz CT molecular complexity index is 149. The van der Waals surface area contributed by atoms with Gasteiger partial charge in [0, 0.05) is 34.9 Å². The highest BCUT2D eigenvalue weighted by atomic mass is 32.2. The average molecular weight is 189 g/mol. The van der Waals surface area contributed by atoms with Crippen LogP contribution in [0.1, 0.15) is 32.6 Å². The molecule has 0 spiro atoms. The molecule has 72 valence electrons. The van der Waals surface area contributed by atoms with E-state index >= 15 is 0 Å². The number of hydrogen-bond donors (Lipinski definition) is 1. The van der Waals surface area contributed by atoms with Gasteiger partial charge in [-0.05, 0) is 6.42 Å². The molecule has 1 N–H and O–H groups in total. The van der Waals surface area contributed by atoms with Gasteiger partial charge in [0.1, 0.15) is 0 Å². The van der Waals surface area contributed by atoms with E-state index < -0.39 is 10.8 Å². The lowest BCUT2D eigenvalue weighted by Gasteiger charge is -2.21. The second kappa shape index (κ2) is 5.70. The molecule has 0 radical (unpaired) electrons. The summed E-state index contributed by atoms with van der Waals surface area (Å²) in [5, 5.41) is 3.73. The summed E-state index contributed by atoms with van der Waals surface area (Å²) in [6, 6.07) is 0. The normalized spacial score (nSPS) is 30.4.